The van der Waals surface area contributed by atoms with Crippen LogP contribution in [-0.2, 0) is 14.3 Å². The van der Waals surface area contributed by atoms with Gasteiger partial charge in [0.1, 0.15) is 6.61 Å². The summed E-state index contributed by atoms with van der Waals surface area (Å²) >= 11 is 0. The summed E-state index contributed by atoms with van der Waals surface area (Å²) in [5.41, 5.74) is 4.77. The maximum atomic E-state index is 12.6. The highest BCUT2D eigenvalue weighted by Crippen LogP contribution is 2.44. The van der Waals surface area contributed by atoms with Gasteiger partial charge in [-0.25, -0.2) is 4.79 Å². The highest BCUT2D eigenvalue weighted by atomic mass is 16.5. The van der Waals surface area contributed by atoms with Gasteiger partial charge in [0.05, 0.1) is 5.92 Å². The SMILES string of the molecule is O=C(CC1CCC(NC(=O)OCC2c3ccccc3-c3ccccc32)C1)N[C@H]1CC[C@@H](C(=O)O)C1. The molecule has 184 valence electrons. The fourth-order valence-corrected chi connectivity index (χ4v) is 6.08. The molecule has 0 aliphatic heterocycles. The zero-order valence-corrected chi connectivity index (χ0v) is 19.7. The van der Waals surface area contributed by atoms with Crippen LogP contribution in [0.3, 0.4) is 0 Å². The van der Waals surface area contributed by atoms with Crippen LogP contribution < -0.4 is 10.6 Å². The molecule has 35 heavy (non-hydrogen) atoms. The van der Waals surface area contributed by atoms with Crippen LogP contribution in [0, 0.1) is 11.8 Å². The fraction of sp³-hybridized carbons (Fsp3) is 0.464. The van der Waals surface area contributed by atoms with E-state index in [0.717, 1.165) is 25.7 Å². The normalized spacial score (nSPS) is 25.0. The lowest BCUT2D eigenvalue weighted by molar-refractivity contribution is -0.141. The molecule has 0 saturated heterocycles. The van der Waals surface area contributed by atoms with Gasteiger partial charge in [0.15, 0.2) is 0 Å². The first-order valence-corrected chi connectivity index (χ1v) is 12.6. The topological polar surface area (TPSA) is 105 Å². The number of alkyl carbamates (subject to hydrolysis) is 1. The molecule has 0 bridgehead atoms. The van der Waals surface area contributed by atoms with Crippen LogP contribution in [0.2, 0.25) is 0 Å². The van der Waals surface area contributed by atoms with Crippen molar-refractivity contribution in [1.29, 1.82) is 0 Å². The van der Waals surface area contributed by atoms with Gasteiger partial charge in [0.25, 0.3) is 0 Å². The van der Waals surface area contributed by atoms with Crippen molar-refractivity contribution in [2.45, 2.75) is 62.9 Å². The Hall–Kier alpha value is -3.35. The molecule has 4 atom stereocenters. The van der Waals surface area contributed by atoms with Crippen LogP contribution in [0.15, 0.2) is 48.5 Å². The number of ether oxygens (including phenoxy) is 1. The summed E-state index contributed by atoms with van der Waals surface area (Å²) in [4.78, 5) is 36.1. The average molecular weight is 477 g/mol. The van der Waals surface area contributed by atoms with Gasteiger partial charge in [-0.05, 0) is 66.7 Å². The Bertz CT molecular complexity index is 1070. The second-order valence-corrected chi connectivity index (χ2v) is 10.2. The molecule has 2 amide bonds. The number of carbonyl (C=O) groups is 3. The average Bonchev–Trinajstić information content (AvgIpc) is 3.56. The van der Waals surface area contributed by atoms with Crippen LogP contribution in [0.4, 0.5) is 4.79 Å². The van der Waals surface area contributed by atoms with Crippen LogP contribution in [0.25, 0.3) is 11.1 Å². The van der Waals surface area contributed by atoms with E-state index in [1.54, 1.807) is 0 Å². The fourth-order valence-electron chi connectivity index (χ4n) is 6.08. The Morgan fingerprint density at radius 3 is 2.11 bits per heavy atom. The van der Waals surface area contributed by atoms with Crippen LogP contribution >= 0.6 is 0 Å². The number of aliphatic carboxylic acids is 1. The molecule has 7 heteroatoms. The number of hydrogen-bond acceptors (Lipinski definition) is 4. The van der Waals surface area contributed by atoms with Gasteiger partial charge in [-0.3, -0.25) is 9.59 Å². The van der Waals surface area contributed by atoms with E-state index in [9.17, 15) is 14.4 Å². The minimum atomic E-state index is -0.778. The Morgan fingerprint density at radius 2 is 1.46 bits per heavy atom. The van der Waals surface area contributed by atoms with E-state index >= 15 is 0 Å². The summed E-state index contributed by atoms with van der Waals surface area (Å²) in [5, 5.41) is 15.1. The summed E-state index contributed by atoms with van der Waals surface area (Å²) in [6.07, 6.45) is 4.31. The number of carboxylic acids is 1. The van der Waals surface area contributed by atoms with E-state index in [1.165, 1.54) is 22.3 Å². The van der Waals surface area contributed by atoms with Crippen molar-refractivity contribution in [3.05, 3.63) is 59.7 Å². The van der Waals surface area contributed by atoms with Crippen molar-refractivity contribution in [3.8, 4) is 11.1 Å². The first-order valence-electron chi connectivity index (χ1n) is 12.6. The third kappa shape index (κ3) is 5.19. The van der Waals surface area contributed by atoms with E-state index in [1.807, 2.05) is 24.3 Å². The van der Waals surface area contributed by atoms with Crippen LogP contribution in [0.1, 0.15) is 62.0 Å². The van der Waals surface area contributed by atoms with E-state index < -0.39 is 12.1 Å². The van der Waals surface area contributed by atoms with Gasteiger partial charge in [0.2, 0.25) is 5.91 Å². The maximum absolute atomic E-state index is 12.6. The smallest absolute Gasteiger partial charge is 0.407 e. The number of fused-ring (bicyclic) bond motifs is 3. The summed E-state index contributed by atoms with van der Waals surface area (Å²) in [7, 11) is 0. The van der Waals surface area contributed by atoms with Crippen LogP contribution in [0.5, 0.6) is 0 Å². The Labute approximate surface area is 205 Å². The zero-order chi connectivity index (χ0) is 24.4. The lowest BCUT2D eigenvalue weighted by Gasteiger charge is -2.17. The number of amides is 2. The standard InChI is InChI=1S/C28H32N2O5/c31-26(29-20-12-10-18(15-20)27(32)33)14-17-9-11-19(13-17)30-28(34)35-16-25-23-7-3-1-5-21(23)22-6-2-4-8-24(22)25/h1-8,17-20,25H,9-16H2,(H,29,31)(H,30,34)(H,32,33)/t17?,18-,19?,20+/m1/s1. The number of rotatable bonds is 7. The molecule has 2 fully saturated rings. The van der Waals surface area contributed by atoms with Crippen LogP contribution in [-0.4, -0.2) is 41.8 Å². The predicted molar refractivity (Wildman–Crippen MR) is 131 cm³/mol. The second kappa shape index (κ2) is 10.1. The molecular formula is C28H32N2O5. The second-order valence-electron chi connectivity index (χ2n) is 10.2. The monoisotopic (exact) mass is 476 g/mol. The van der Waals surface area contributed by atoms with Gasteiger partial charge >= 0.3 is 12.1 Å². The molecule has 3 aliphatic rings. The molecule has 2 aromatic carbocycles. The Kier molecular flexibility index (Phi) is 6.75. The highest BCUT2D eigenvalue weighted by Gasteiger charge is 2.33. The first-order chi connectivity index (χ1) is 17.0. The minimum Gasteiger partial charge on any atom is -0.481 e. The molecule has 2 unspecified atom stereocenters. The summed E-state index contributed by atoms with van der Waals surface area (Å²) in [5.74, 6) is -0.903. The Balaban J connectivity index is 1.07. The van der Waals surface area contributed by atoms with Gasteiger partial charge < -0.3 is 20.5 Å². The van der Waals surface area contributed by atoms with E-state index in [0.29, 0.717) is 19.3 Å². The lowest BCUT2D eigenvalue weighted by Crippen LogP contribution is -2.35. The van der Waals surface area contributed by atoms with E-state index in [-0.39, 0.29) is 42.4 Å². The minimum absolute atomic E-state index is 0.00585. The Morgan fingerprint density at radius 1 is 0.829 bits per heavy atom. The summed E-state index contributed by atoms with van der Waals surface area (Å²) in [6.45, 7) is 0.289. The molecule has 3 aliphatic carbocycles. The molecule has 0 aromatic heterocycles. The lowest BCUT2D eigenvalue weighted by atomic mass is 9.98. The molecule has 0 spiro atoms. The molecular weight excluding hydrogens is 444 g/mol. The van der Waals surface area contributed by atoms with Gasteiger partial charge in [0, 0.05) is 24.4 Å². The maximum Gasteiger partial charge on any atom is 0.407 e. The molecule has 0 radical (unpaired) electrons. The van der Waals surface area contributed by atoms with Crippen molar-refractivity contribution in [2.75, 3.05) is 6.61 Å². The van der Waals surface area contributed by atoms with Crippen molar-refractivity contribution in [1.82, 2.24) is 10.6 Å². The largest absolute Gasteiger partial charge is 0.481 e. The number of carboxylic acid groups (broad SMARTS) is 1. The number of carbonyl (C=O) groups excluding carboxylic acids is 2. The number of hydrogen-bond donors (Lipinski definition) is 3. The van der Waals surface area contributed by atoms with Crippen molar-refractivity contribution in [3.63, 3.8) is 0 Å². The molecule has 2 aromatic rings. The summed E-state index contributed by atoms with van der Waals surface area (Å²) < 4.78 is 5.66. The molecule has 5 rings (SSSR count). The van der Waals surface area contributed by atoms with Crippen molar-refractivity contribution in [2.24, 2.45) is 11.8 Å². The van der Waals surface area contributed by atoms with E-state index in [4.69, 9.17) is 9.84 Å². The van der Waals surface area contributed by atoms with Crippen molar-refractivity contribution < 1.29 is 24.2 Å². The van der Waals surface area contributed by atoms with Gasteiger partial charge in [-0.15, -0.1) is 0 Å². The third-order valence-corrected chi connectivity index (χ3v) is 7.83. The number of nitrogens with one attached hydrogen (secondary N) is 2. The highest BCUT2D eigenvalue weighted by molar-refractivity contribution is 5.79. The summed E-state index contributed by atoms with van der Waals surface area (Å²) in [6, 6.07) is 16.5. The first kappa shape index (κ1) is 23.4. The molecule has 0 heterocycles. The molecule has 3 N–H and O–H groups in total. The predicted octanol–water partition coefficient (Wildman–Crippen LogP) is 4.45. The molecule has 7 nitrogen and oxygen atoms in total. The number of benzene rings is 2. The molecule has 2 saturated carbocycles. The quantitative estimate of drug-likeness (QED) is 0.548. The zero-order valence-electron chi connectivity index (χ0n) is 19.7. The van der Waals surface area contributed by atoms with E-state index in [2.05, 4.69) is 34.9 Å². The van der Waals surface area contributed by atoms with Gasteiger partial charge in [-0.1, -0.05) is 48.5 Å². The third-order valence-electron chi connectivity index (χ3n) is 7.83. The van der Waals surface area contributed by atoms with Gasteiger partial charge in [-0.2, -0.15) is 0 Å². The van der Waals surface area contributed by atoms with Crippen molar-refractivity contribution >= 4 is 18.0 Å².